The molecule has 1 saturated carbocycles. The molecule has 0 aliphatic heterocycles. The lowest BCUT2D eigenvalue weighted by Crippen LogP contribution is -2.44. The minimum absolute atomic E-state index is 0.186. The van der Waals surface area contributed by atoms with E-state index in [0.717, 1.165) is 12.3 Å². The smallest absolute Gasteiger partial charge is 0.330 e. The summed E-state index contributed by atoms with van der Waals surface area (Å²) >= 11 is 0. The van der Waals surface area contributed by atoms with Crippen LogP contribution in [0, 0.1) is 5.92 Å². The third kappa shape index (κ3) is 3.61. The summed E-state index contributed by atoms with van der Waals surface area (Å²) in [5.74, 6) is -0.602. The first kappa shape index (κ1) is 18.0. The van der Waals surface area contributed by atoms with E-state index >= 15 is 0 Å². The van der Waals surface area contributed by atoms with E-state index in [-0.39, 0.29) is 6.42 Å². The quantitative estimate of drug-likeness (QED) is 0.569. The zero-order chi connectivity index (χ0) is 17.4. The number of hydrogen-bond donors (Lipinski definition) is 3. The van der Waals surface area contributed by atoms with Crippen LogP contribution in [0.1, 0.15) is 12.7 Å². The van der Waals surface area contributed by atoms with Gasteiger partial charge >= 0.3 is 13.3 Å². The highest BCUT2D eigenvalue weighted by Crippen LogP contribution is 2.57. The Bertz CT molecular complexity index is 729. The number of alkyl halides is 1. The minimum Gasteiger partial charge on any atom is -0.375 e. The summed E-state index contributed by atoms with van der Waals surface area (Å²) in [7, 11) is -1.80. The Balaban J connectivity index is 2.29. The predicted molar refractivity (Wildman–Crippen MR) is 77.0 cm³/mol. The number of H-pyrrole nitrogens is 1. The summed E-state index contributed by atoms with van der Waals surface area (Å²) in [5.41, 5.74) is -2.87. The van der Waals surface area contributed by atoms with Gasteiger partial charge < -0.3 is 19.3 Å². The van der Waals surface area contributed by atoms with Crippen LogP contribution in [0.2, 0.25) is 0 Å². The Morgan fingerprint density at radius 3 is 2.65 bits per heavy atom. The summed E-state index contributed by atoms with van der Waals surface area (Å²) < 4.78 is 36.9. The number of methoxy groups -OCH3 is 2. The Morgan fingerprint density at radius 2 is 2.17 bits per heavy atom. The van der Waals surface area contributed by atoms with Crippen molar-refractivity contribution in [2.75, 3.05) is 20.4 Å². The van der Waals surface area contributed by atoms with Gasteiger partial charge in [-0.3, -0.25) is 18.9 Å². The third-order valence-electron chi connectivity index (χ3n) is 4.04. The van der Waals surface area contributed by atoms with Crippen molar-refractivity contribution in [2.24, 2.45) is 5.92 Å². The fourth-order valence-electron chi connectivity index (χ4n) is 2.86. The molecular weight excluding hydrogens is 334 g/mol. The number of halogens is 1. The zero-order valence-electron chi connectivity index (χ0n) is 12.5. The van der Waals surface area contributed by atoms with E-state index in [1.807, 2.05) is 4.98 Å². The second-order valence-electron chi connectivity index (χ2n) is 5.45. The van der Waals surface area contributed by atoms with Gasteiger partial charge in [0.05, 0.1) is 6.16 Å². The van der Waals surface area contributed by atoms with E-state index < -0.39 is 48.9 Å². The largest absolute Gasteiger partial charge is 0.375 e. The number of nitrogens with zero attached hydrogens (tertiary/aromatic N) is 1. The monoisotopic (exact) mass is 352 g/mol. The number of hydrogen-bond acceptors (Lipinski definition) is 5. The zero-order valence-corrected chi connectivity index (χ0v) is 13.4. The lowest BCUT2D eigenvalue weighted by Gasteiger charge is -2.29. The molecule has 0 spiro atoms. The molecule has 4 atom stereocenters. The summed E-state index contributed by atoms with van der Waals surface area (Å²) in [6, 6.07) is 0.986. The highest BCUT2D eigenvalue weighted by molar-refractivity contribution is 7.51. The molecule has 0 radical (unpaired) electrons. The first-order chi connectivity index (χ1) is 10.6. The van der Waals surface area contributed by atoms with Crippen LogP contribution in [0.5, 0.6) is 0 Å². The normalized spacial score (nSPS) is 26.7. The van der Waals surface area contributed by atoms with Gasteiger partial charge in [-0.15, -0.1) is 0 Å². The molecule has 1 aromatic heterocycles. The third-order valence-corrected chi connectivity index (χ3v) is 4.95. The average molecular weight is 352 g/mol. The molecule has 1 aliphatic rings. The second-order valence-corrected chi connectivity index (χ2v) is 7.15. The molecule has 1 unspecified atom stereocenters. The van der Waals surface area contributed by atoms with E-state index in [1.165, 1.54) is 14.2 Å². The molecule has 0 aromatic carbocycles. The Morgan fingerprint density at radius 1 is 1.52 bits per heavy atom. The summed E-state index contributed by atoms with van der Waals surface area (Å²) in [5, 5.41) is 0. The van der Waals surface area contributed by atoms with Crippen LogP contribution in [-0.4, -0.2) is 51.4 Å². The van der Waals surface area contributed by atoms with Crippen molar-refractivity contribution in [1.29, 1.82) is 0 Å². The predicted octanol–water partition coefficient (Wildman–Crippen LogP) is -0.398. The van der Waals surface area contributed by atoms with Gasteiger partial charge in [0.2, 0.25) is 6.30 Å². The maximum absolute atomic E-state index is 14.8. The number of aromatic amines is 1. The van der Waals surface area contributed by atoms with Gasteiger partial charge in [0.15, 0.2) is 0 Å². The summed E-state index contributed by atoms with van der Waals surface area (Å²) in [6.07, 6.45) is -2.56. The average Bonchev–Trinajstić information content (AvgIpc) is 3.11. The molecule has 130 valence electrons. The maximum Gasteiger partial charge on any atom is 0.330 e. The molecule has 23 heavy (non-hydrogen) atoms. The summed E-state index contributed by atoms with van der Waals surface area (Å²) in [6.45, 7) is 0. The van der Waals surface area contributed by atoms with Crippen LogP contribution >= 0.6 is 7.60 Å². The molecule has 0 bridgehead atoms. The van der Waals surface area contributed by atoms with E-state index in [2.05, 4.69) is 0 Å². The SMILES string of the molecule is CO[C@@H]([C@@H](F)n1ccc(=O)[nH]c1=O)[C@@]1(OC)CC1CP(=O)(O)O. The topological polar surface area (TPSA) is 131 Å². The van der Waals surface area contributed by atoms with Crippen LogP contribution in [-0.2, 0) is 14.0 Å². The van der Waals surface area contributed by atoms with Crippen molar-refractivity contribution in [2.45, 2.75) is 24.4 Å². The molecule has 1 aliphatic carbocycles. The van der Waals surface area contributed by atoms with Gasteiger partial charge in [0.25, 0.3) is 5.56 Å². The van der Waals surface area contributed by atoms with Crippen LogP contribution in [0.15, 0.2) is 21.9 Å². The van der Waals surface area contributed by atoms with Crippen molar-refractivity contribution in [3.05, 3.63) is 33.1 Å². The Hall–Kier alpha value is -1.32. The minimum atomic E-state index is -4.29. The number of nitrogens with one attached hydrogen (secondary N) is 1. The Labute approximate surface area is 130 Å². The lowest BCUT2D eigenvalue weighted by atomic mass is 10.1. The molecule has 1 aromatic rings. The van der Waals surface area contributed by atoms with E-state index in [4.69, 9.17) is 19.3 Å². The molecule has 11 heteroatoms. The van der Waals surface area contributed by atoms with Crippen molar-refractivity contribution in [3.63, 3.8) is 0 Å². The highest BCUT2D eigenvalue weighted by Gasteiger charge is 2.64. The van der Waals surface area contributed by atoms with Crippen LogP contribution in [0.25, 0.3) is 0 Å². The van der Waals surface area contributed by atoms with Gasteiger partial charge in [0, 0.05) is 32.4 Å². The Kier molecular flexibility index (Phi) is 4.93. The maximum atomic E-state index is 14.8. The van der Waals surface area contributed by atoms with Crippen LogP contribution in [0.3, 0.4) is 0 Å². The van der Waals surface area contributed by atoms with E-state index in [9.17, 15) is 18.5 Å². The van der Waals surface area contributed by atoms with Crippen LogP contribution < -0.4 is 11.2 Å². The van der Waals surface area contributed by atoms with Gasteiger partial charge in [-0.1, -0.05) is 0 Å². The molecule has 0 amide bonds. The molecule has 3 N–H and O–H groups in total. The number of aromatic nitrogens is 2. The number of ether oxygens (including phenoxy) is 2. The standard InChI is InChI=1S/C12H18FN2O7P/c1-21-9(10(13)15-4-3-8(16)14-11(15)17)12(22-2)5-7(12)6-23(18,19)20/h3-4,7,9-10H,5-6H2,1-2H3,(H,14,16,17)(H2,18,19,20)/t7?,9-,10-,12+/m0/s1. The van der Waals surface area contributed by atoms with Crippen molar-refractivity contribution in [1.82, 2.24) is 9.55 Å². The van der Waals surface area contributed by atoms with Crippen LogP contribution in [0.4, 0.5) is 4.39 Å². The molecule has 0 saturated heterocycles. The fourth-order valence-corrected chi connectivity index (χ4v) is 3.87. The van der Waals surface area contributed by atoms with Gasteiger partial charge in [-0.25, -0.2) is 9.18 Å². The number of rotatable bonds is 7. The van der Waals surface area contributed by atoms with Gasteiger partial charge in [0.1, 0.15) is 11.7 Å². The lowest BCUT2D eigenvalue weighted by molar-refractivity contribution is -0.114. The van der Waals surface area contributed by atoms with Gasteiger partial charge in [-0.05, 0) is 6.42 Å². The highest BCUT2D eigenvalue weighted by atomic mass is 31.2. The molecule has 1 fully saturated rings. The van der Waals surface area contributed by atoms with Gasteiger partial charge in [-0.2, -0.15) is 0 Å². The molecule has 2 rings (SSSR count). The summed E-state index contributed by atoms with van der Waals surface area (Å²) in [4.78, 5) is 42.8. The molecule has 9 nitrogen and oxygen atoms in total. The molecular formula is C12H18FN2O7P. The first-order valence-electron chi connectivity index (χ1n) is 6.72. The van der Waals surface area contributed by atoms with E-state index in [1.54, 1.807) is 0 Å². The second kappa shape index (κ2) is 6.29. The van der Waals surface area contributed by atoms with Crippen molar-refractivity contribution >= 4 is 7.60 Å². The molecule has 1 heterocycles. The van der Waals surface area contributed by atoms with Crippen molar-refractivity contribution < 1.29 is 28.2 Å². The fraction of sp³-hybridized carbons (Fsp3) is 0.667. The van der Waals surface area contributed by atoms with E-state index in [0.29, 0.717) is 4.57 Å². The first-order valence-corrected chi connectivity index (χ1v) is 8.52. The van der Waals surface area contributed by atoms with Crippen molar-refractivity contribution in [3.8, 4) is 0 Å².